The summed E-state index contributed by atoms with van der Waals surface area (Å²) < 4.78 is 13.4. The molecule has 0 saturated heterocycles. The summed E-state index contributed by atoms with van der Waals surface area (Å²) >= 11 is 0. The summed E-state index contributed by atoms with van der Waals surface area (Å²) in [5.41, 5.74) is 0.701. The van der Waals surface area contributed by atoms with Gasteiger partial charge in [0, 0.05) is 0 Å². The van der Waals surface area contributed by atoms with E-state index < -0.39 is 11.8 Å². The molecule has 1 N–H and O–H groups in total. The van der Waals surface area contributed by atoms with Gasteiger partial charge in [-0.1, -0.05) is 18.9 Å². The molecule has 1 fully saturated rings. The summed E-state index contributed by atoms with van der Waals surface area (Å²) in [5.74, 6) is -1.40. The Morgan fingerprint density at radius 3 is 2.53 bits per heavy atom. The molecule has 3 heteroatoms. The minimum absolute atomic E-state index is 0.239. The van der Waals surface area contributed by atoms with Gasteiger partial charge >= 0.3 is 5.97 Å². The number of hydrogen-bond acceptors (Lipinski definition) is 1. The second-order valence-electron chi connectivity index (χ2n) is 4.03. The normalized spacial score (nSPS) is 16.9. The molecular formula is C12H13FO2. The van der Waals surface area contributed by atoms with Gasteiger partial charge in [-0.3, -0.25) is 0 Å². The van der Waals surface area contributed by atoms with Crippen molar-refractivity contribution in [3.05, 3.63) is 35.1 Å². The SMILES string of the molecule is O=C(O)c1ccc(C2CCCC2)cc1F. The van der Waals surface area contributed by atoms with Crippen LogP contribution in [0, 0.1) is 5.82 Å². The monoisotopic (exact) mass is 208 g/mol. The number of benzene rings is 1. The average Bonchev–Trinajstić information content (AvgIpc) is 2.69. The van der Waals surface area contributed by atoms with Crippen molar-refractivity contribution in [2.24, 2.45) is 0 Å². The van der Waals surface area contributed by atoms with Crippen LogP contribution in [0.15, 0.2) is 18.2 Å². The lowest BCUT2D eigenvalue weighted by atomic mass is 9.96. The maximum absolute atomic E-state index is 13.4. The minimum Gasteiger partial charge on any atom is -0.478 e. The molecule has 1 aromatic carbocycles. The van der Waals surface area contributed by atoms with Crippen LogP contribution in [0.5, 0.6) is 0 Å². The van der Waals surface area contributed by atoms with Gasteiger partial charge in [-0.15, -0.1) is 0 Å². The molecule has 1 saturated carbocycles. The van der Waals surface area contributed by atoms with Crippen molar-refractivity contribution >= 4 is 5.97 Å². The molecule has 0 spiro atoms. The smallest absolute Gasteiger partial charge is 0.338 e. The topological polar surface area (TPSA) is 37.3 Å². The van der Waals surface area contributed by atoms with Crippen LogP contribution in [0.25, 0.3) is 0 Å². The van der Waals surface area contributed by atoms with Crippen molar-refractivity contribution in [1.82, 2.24) is 0 Å². The highest BCUT2D eigenvalue weighted by molar-refractivity contribution is 5.87. The molecule has 1 aliphatic carbocycles. The lowest BCUT2D eigenvalue weighted by Gasteiger charge is -2.09. The van der Waals surface area contributed by atoms with Crippen molar-refractivity contribution in [2.45, 2.75) is 31.6 Å². The van der Waals surface area contributed by atoms with Gasteiger partial charge in [0.1, 0.15) is 5.82 Å². The van der Waals surface area contributed by atoms with Gasteiger partial charge < -0.3 is 5.11 Å². The molecule has 80 valence electrons. The highest BCUT2D eigenvalue weighted by atomic mass is 19.1. The molecule has 15 heavy (non-hydrogen) atoms. The molecule has 0 aliphatic heterocycles. The minimum atomic E-state index is -1.20. The van der Waals surface area contributed by atoms with Crippen LogP contribution in [0.3, 0.4) is 0 Å². The van der Waals surface area contributed by atoms with Gasteiger partial charge in [0.15, 0.2) is 0 Å². The molecule has 0 aromatic heterocycles. The fourth-order valence-corrected chi connectivity index (χ4v) is 2.22. The zero-order valence-electron chi connectivity index (χ0n) is 8.37. The fraction of sp³-hybridized carbons (Fsp3) is 0.417. The molecule has 0 atom stereocenters. The average molecular weight is 208 g/mol. The molecule has 1 aliphatic rings. The quantitative estimate of drug-likeness (QED) is 0.810. The Morgan fingerprint density at radius 2 is 2.00 bits per heavy atom. The van der Waals surface area contributed by atoms with Crippen LogP contribution >= 0.6 is 0 Å². The van der Waals surface area contributed by atoms with E-state index in [1.807, 2.05) is 0 Å². The number of carboxylic acid groups (broad SMARTS) is 1. The van der Waals surface area contributed by atoms with Gasteiger partial charge in [0.2, 0.25) is 0 Å². The van der Waals surface area contributed by atoms with Gasteiger partial charge in [-0.05, 0) is 36.5 Å². The Balaban J connectivity index is 2.28. The molecule has 2 nitrogen and oxygen atoms in total. The van der Waals surface area contributed by atoms with Gasteiger partial charge in [-0.25, -0.2) is 9.18 Å². The predicted octanol–water partition coefficient (Wildman–Crippen LogP) is 3.18. The van der Waals surface area contributed by atoms with E-state index in [0.29, 0.717) is 5.92 Å². The zero-order chi connectivity index (χ0) is 10.8. The number of aromatic carboxylic acids is 1. The van der Waals surface area contributed by atoms with Crippen molar-refractivity contribution in [2.75, 3.05) is 0 Å². The van der Waals surface area contributed by atoms with Crippen molar-refractivity contribution in [3.63, 3.8) is 0 Å². The first-order valence-corrected chi connectivity index (χ1v) is 5.21. The first kappa shape index (κ1) is 10.1. The number of carbonyl (C=O) groups is 1. The zero-order valence-corrected chi connectivity index (χ0v) is 8.37. The highest BCUT2D eigenvalue weighted by Crippen LogP contribution is 2.34. The Morgan fingerprint density at radius 1 is 1.33 bits per heavy atom. The van der Waals surface area contributed by atoms with E-state index in [1.54, 1.807) is 6.07 Å². The lowest BCUT2D eigenvalue weighted by molar-refractivity contribution is 0.0692. The van der Waals surface area contributed by atoms with E-state index >= 15 is 0 Å². The summed E-state index contributed by atoms with van der Waals surface area (Å²) in [4.78, 5) is 10.6. The van der Waals surface area contributed by atoms with Crippen molar-refractivity contribution in [3.8, 4) is 0 Å². The van der Waals surface area contributed by atoms with Crippen LogP contribution in [0.2, 0.25) is 0 Å². The van der Waals surface area contributed by atoms with Crippen LogP contribution < -0.4 is 0 Å². The highest BCUT2D eigenvalue weighted by Gasteiger charge is 2.19. The second-order valence-corrected chi connectivity index (χ2v) is 4.03. The molecule has 0 unspecified atom stereocenters. The lowest BCUT2D eigenvalue weighted by Crippen LogP contribution is -2.02. The van der Waals surface area contributed by atoms with E-state index in [4.69, 9.17) is 5.11 Å². The number of carboxylic acids is 1. The first-order valence-electron chi connectivity index (χ1n) is 5.21. The largest absolute Gasteiger partial charge is 0.478 e. The molecule has 0 bridgehead atoms. The summed E-state index contributed by atoms with van der Waals surface area (Å²) in [6.45, 7) is 0. The van der Waals surface area contributed by atoms with Crippen molar-refractivity contribution in [1.29, 1.82) is 0 Å². The first-order chi connectivity index (χ1) is 7.18. The molecule has 0 amide bonds. The third-order valence-corrected chi connectivity index (χ3v) is 3.05. The number of hydrogen-bond donors (Lipinski definition) is 1. The third kappa shape index (κ3) is 2.01. The maximum Gasteiger partial charge on any atom is 0.338 e. The molecule has 0 heterocycles. The summed E-state index contributed by atoms with van der Waals surface area (Å²) in [5, 5.41) is 8.68. The van der Waals surface area contributed by atoms with Gasteiger partial charge in [-0.2, -0.15) is 0 Å². The predicted molar refractivity (Wildman–Crippen MR) is 54.6 cm³/mol. The van der Waals surface area contributed by atoms with Gasteiger partial charge in [0.25, 0.3) is 0 Å². The van der Waals surface area contributed by atoms with Crippen LogP contribution in [-0.4, -0.2) is 11.1 Å². The maximum atomic E-state index is 13.4. The summed E-state index contributed by atoms with van der Waals surface area (Å²) in [6, 6.07) is 4.48. The Bertz CT molecular complexity index is 381. The molecular weight excluding hydrogens is 195 g/mol. The van der Waals surface area contributed by atoms with E-state index in [0.717, 1.165) is 18.4 Å². The number of halogens is 1. The third-order valence-electron chi connectivity index (χ3n) is 3.05. The van der Waals surface area contributed by atoms with Gasteiger partial charge in [0.05, 0.1) is 5.56 Å². The van der Waals surface area contributed by atoms with Crippen LogP contribution in [0.4, 0.5) is 4.39 Å². The Kier molecular flexibility index (Phi) is 2.71. The van der Waals surface area contributed by atoms with Crippen molar-refractivity contribution < 1.29 is 14.3 Å². The van der Waals surface area contributed by atoms with E-state index in [-0.39, 0.29) is 5.56 Å². The summed E-state index contributed by atoms with van der Waals surface area (Å²) in [7, 11) is 0. The molecule has 2 rings (SSSR count). The number of rotatable bonds is 2. The Hall–Kier alpha value is -1.38. The van der Waals surface area contributed by atoms with E-state index in [2.05, 4.69) is 0 Å². The summed E-state index contributed by atoms with van der Waals surface area (Å²) in [6.07, 6.45) is 4.55. The fourth-order valence-electron chi connectivity index (χ4n) is 2.22. The molecule has 0 radical (unpaired) electrons. The van der Waals surface area contributed by atoms with Crippen LogP contribution in [0.1, 0.15) is 47.5 Å². The van der Waals surface area contributed by atoms with E-state index in [9.17, 15) is 9.18 Å². The standard InChI is InChI=1S/C12H13FO2/c13-11-7-9(8-3-1-2-4-8)5-6-10(11)12(14)15/h5-8H,1-4H2,(H,14,15). The van der Waals surface area contributed by atoms with E-state index in [1.165, 1.54) is 25.0 Å². The second kappa shape index (κ2) is 4.01. The van der Waals surface area contributed by atoms with Crippen LogP contribution in [-0.2, 0) is 0 Å². The molecule has 1 aromatic rings. The Labute approximate surface area is 87.7 Å².